The Balaban J connectivity index is 2.94. The van der Waals surface area contributed by atoms with Gasteiger partial charge in [-0.2, -0.15) is 4.39 Å². The highest BCUT2D eigenvalue weighted by Crippen LogP contribution is 2.17. The normalized spacial score (nSPS) is 12.5. The van der Waals surface area contributed by atoms with Gasteiger partial charge < -0.3 is 5.73 Å². The third-order valence-electron chi connectivity index (χ3n) is 1.94. The minimum absolute atomic E-state index is 0.134. The molecule has 1 aromatic heterocycles. The van der Waals surface area contributed by atoms with Crippen molar-refractivity contribution >= 4 is 0 Å². The Morgan fingerprint density at radius 2 is 2.46 bits per heavy atom. The molecule has 0 spiro atoms. The zero-order chi connectivity index (χ0) is 9.84. The molecule has 0 saturated carbocycles. The van der Waals surface area contributed by atoms with E-state index in [-0.39, 0.29) is 6.04 Å². The Kier molecular flexibility index (Phi) is 3.14. The van der Waals surface area contributed by atoms with Gasteiger partial charge in [-0.15, -0.1) is 6.58 Å². The summed E-state index contributed by atoms with van der Waals surface area (Å²) in [7, 11) is 0. The summed E-state index contributed by atoms with van der Waals surface area (Å²) < 4.78 is 12.6. The molecule has 0 fully saturated rings. The van der Waals surface area contributed by atoms with E-state index in [1.807, 2.05) is 6.92 Å². The molecule has 13 heavy (non-hydrogen) atoms. The van der Waals surface area contributed by atoms with Gasteiger partial charge in [0.1, 0.15) is 0 Å². The molecule has 0 aromatic carbocycles. The van der Waals surface area contributed by atoms with Crippen LogP contribution in [-0.4, -0.2) is 4.98 Å². The zero-order valence-electron chi connectivity index (χ0n) is 7.63. The van der Waals surface area contributed by atoms with Gasteiger partial charge in [0.25, 0.3) is 0 Å². The van der Waals surface area contributed by atoms with Crippen molar-refractivity contribution in [3.05, 3.63) is 42.0 Å². The SMILES string of the molecule is C=CC[C@@H](N)c1cnc(F)cc1C. The van der Waals surface area contributed by atoms with Crippen molar-refractivity contribution in [3.8, 4) is 0 Å². The topological polar surface area (TPSA) is 38.9 Å². The summed E-state index contributed by atoms with van der Waals surface area (Å²) in [6.07, 6.45) is 3.90. The Bertz CT molecular complexity index is 310. The molecule has 1 atom stereocenters. The molecule has 2 N–H and O–H groups in total. The molecule has 0 saturated heterocycles. The predicted molar refractivity (Wildman–Crippen MR) is 50.7 cm³/mol. The molecule has 0 aliphatic rings. The minimum Gasteiger partial charge on any atom is -0.324 e. The molecule has 1 heterocycles. The zero-order valence-corrected chi connectivity index (χ0v) is 7.63. The molecule has 70 valence electrons. The van der Waals surface area contributed by atoms with E-state index in [9.17, 15) is 4.39 Å². The van der Waals surface area contributed by atoms with Crippen molar-refractivity contribution < 1.29 is 4.39 Å². The molecule has 0 bridgehead atoms. The lowest BCUT2D eigenvalue weighted by molar-refractivity contribution is 0.577. The first-order chi connectivity index (χ1) is 6.15. The maximum absolute atomic E-state index is 12.6. The molecule has 0 amide bonds. The lowest BCUT2D eigenvalue weighted by atomic mass is 10.0. The number of hydrogen-bond acceptors (Lipinski definition) is 2. The Hall–Kier alpha value is -1.22. The van der Waals surface area contributed by atoms with Crippen LogP contribution in [-0.2, 0) is 0 Å². The fourth-order valence-corrected chi connectivity index (χ4v) is 1.23. The molecule has 1 rings (SSSR count). The first kappa shape index (κ1) is 9.86. The second kappa shape index (κ2) is 4.14. The van der Waals surface area contributed by atoms with E-state index in [1.165, 1.54) is 12.3 Å². The van der Waals surface area contributed by atoms with Gasteiger partial charge >= 0.3 is 0 Å². The summed E-state index contributed by atoms with van der Waals surface area (Å²) in [6, 6.07) is 1.25. The average molecular weight is 180 g/mol. The van der Waals surface area contributed by atoms with Gasteiger partial charge in [0.15, 0.2) is 0 Å². The van der Waals surface area contributed by atoms with E-state index in [0.717, 1.165) is 11.1 Å². The lowest BCUT2D eigenvalue weighted by Crippen LogP contribution is -2.11. The van der Waals surface area contributed by atoms with Gasteiger partial charge in [-0.1, -0.05) is 6.08 Å². The van der Waals surface area contributed by atoms with Gasteiger partial charge in [-0.3, -0.25) is 0 Å². The van der Waals surface area contributed by atoms with Crippen molar-refractivity contribution in [3.63, 3.8) is 0 Å². The number of aryl methyl sites for hydroxylation is 1. The van der Waals surface area contributed by atoms with Crippen molar-refractivity contribution in [2.24, 2.45) is 5.73 Å². The van der Waals surface area contributed by atoms with Crippen LogP contribution in [0.1, 0.15) is 23.6 Å². The monoisotopic (exact) mass is 180 g/mol. The highest BCUT2D eigenvalue weighted by atomic mass is 19.1. The molecule has 3 heteroatoms. The van der Waals surface area contributed by atoms with Gasteiger partial charge in [0.2, 0.25) is 5.95 Å². The second-order valence-electron chi connectivity index (χ2n) is 2.99. The molecular weight excluding hydrogens is 167 g/mol. The smallest absolute Gasteiger partial charge is 0.213 e. The standard InChI is InChI=1S/C10H13FN2/c1-3-4-9(12)8-6-13-10(11)5-7(8)2/h3,5-6,9H,1,4,12H2,2H3/t9-/m1/s1. The predicted octanol–water partition coefficient (Wildman–Crippen LogP) is 2.11. The number of nitrogens with zero attached hydrogens (tertiary/aromatic N) is 1. The fourth-order valence-electron chi connectivity index (χ4n) is 1.23. The lowest BCUT2D eigenvalue weighted by Gasteiger charge is -2.11. The maximum atomic E-state index is 12.6. The fraction of sp³-hybridized carbons (Fsp3) is 0.300. The Morgan fingerprint density at radius 1 is 1.77 bits per heavy atom. The van der Waals surface area contributed by atoms with Crippen LogP contribution in [0.25, 0.3) is 0 Å². The Morgan fingerprint density at radius 3 is 3.00 bits per heavy atom. The van der Waals surface area contributed by atoms with Crippen LogP contribution in [0.5, 0.6) is 0 Å². The summed E-state index contributed by atoms with van der Waals surface area (Å²) in [4.78, 5) is 3.56. The number of nitrogens with two attached hydrogens (primary N) is 1. The molecule has 0 aliphatic heterocycles. The third kappa shape index (κ3) is 2.36. The summed E-state index contributed by atoms with van der Waals surface area (Å²) in [5.74, 6) is -0.466. The van der Waals surface area contributed by atoms with E-state index in [2.05, 4.69) is 11.6 Å². The van der Waals surface area contributed by atoms with E-state index in [0.29, 0.717) is 6.42 Å². The molecule has 0 radical (unpaired) electrons. The molecule has 2 nitrogen and oxygen atoms in total. The van der Waals surface area contributed by atoms with E-state index in [1.54, 1.807) is 6.08 Å². The number of aromatic nitrogens is 1. The van der Waals surface area contributed by atoms with Crippen LogP contribution in [0.3, 0.4) is 0 Å². The minimum atomic E-state index is -0.466. The van der Waals surface area contributed by atoms with Gasteiger partial charge in [0.05, 0.1) is 0 Å². The summed E-state index contributed by atoms with van der Waals surface area (Å²) in [5, 5.41) is 0. The van der Waals surface area contributed by atoms with Gasteiger partial charge in [-0.25, -0.2) is 4.98 Å². The van der Waals surface area contributed by atoms with Crippen LogP contribution in [0.15, 0.2) is 24.9 Å². The van der Waals surface area contributed by atoms with E-state index in [4.69, 9.17) is 5.73 Å². The van der Waals surface area contributed by atoms with Gasteiger partial charge in [0, 0.05) is 12.2 Å². The molecule has 0 aliphatic carbocycles. The quantitative estimate of drug-likeness (QED) is 0.571. The Labute approximate surface area is 77.3 Å². The number of pyridine rings is 1. The summed E-state index contributed by atoms with van der Waals surface area (Å²) >= 11 is 0. The van der Waals surface area contributed by atoms with Crippen LogP contribution in [0.4, 0.5) is 4.39 Å². The summed E-state index contributed by atoms with van der Waals surface area (Å²) in [6.45, 7) is 5.42. The first-order valence-electron chi connectivity index (χ1n) is 4.13. The van der Waals surface area contributed by atoms with Crippen molar-refractivity contribution in [2.45, 2.75) is 19.4 Å². The van der Waals surface area contributed by atoms with Crippen LogP contribution in [0.2, 0.25) is 0 Å². The second-order valence-corrected chi connectivity index (χ2v) is 2.99. The van der Waals surface area contributed by atoms with Crippen LogP contribution < -0.4 is 5.73 Å². The first-order valence-corrected chi connectivity index (χ1v) is 4.13. The van der Waals surface area contributed by atoms with Crippen molar-refractivity contribution in [1.82, 2.24) is 4.98 Å². The molecule has 1 aromatic rings. The number of halogens is 1. The largest absolute Gasteiger partial charge is 0.324 e. The van der Waals surface area contributed by atoms with Crippen LogP contribution >= 0.6 is 0 Å². The summed E-state index contributed by atoms with van der Waals surface area (Å²) in [5.41, 5.74) is 7.53. The van der Waals surface area contributed by atoms with E-state index >= 15 is 0 Å². The third-order valence-corrected chi connectivity index (χ3v) is 1.94. The van der Waals surface area contributed by atoms with Crippen LogP contribution in [0, 0.1) is 12.9 Å². The number of rotatable bonds is 3. The molecular formula is C10H13FN2. The number of hydrogen-bond donors (Lipinski definition) is 1. The van der Waals surface area contributed by atoms with Crippen molar-refractivity contribution in [2.75, 3.05) is 0 Å². The maximum Gasteiger partial charge on any atom is 0.213 e. The molecule has 0 unspecified atom stereocenters. The highest BCUT2D eigenvalue weighted by molar-refractivity contribution is 5.25. The van der Waals surface area contributed by atoms with Gasteiger partial charge in [-0.05, 0) is 30.5 Å². The van der Waals surface area contributed by atoms with E-state index < -0.39 is 5.95 Å². The average Bonchev–Trinajstić information content (AvgIpc) is 2.04. The highest BCUT2D eigenvalue weighted by Gasteiger charge is 2.08. The van der Waals surface area contributed by atoms with Crippen molar-refractivity contribution in [1.29, 1.82) is 0 Å².